The molecule has 3 N–H and O–H groups in total. The van der Waals surface area contributed by atoms with Gasteiger partial charge in [0.2, 0.25) is 5.91 Å². The molecule has 0 radical (unpaired) electrons. The number of aromatic nitrogens is 2. The molecule has 0 bridgehead atoms. The average Bonchev–Trinajstić information content (AvgIpc) is 2.44. The molecule has 104 valence electrons. The first-order chi connectivity index (χ1) is 9.52. The Labute approximate surface area is 112 Å². The molecule has 2 aromatic rings. The third kappa shape index (κ3) is 2.55. The third-order valence-corrected chi connectivity index (χ3v) is 2.67. The summed E-state index contributed by atoms with van der Waals surface area (Å²) in [6.45, 7) is -0.119. The summed E-state index contributed by atoms with van der Waals surface area (Å²) in [6.07, 6.45) is 1.21. The van der Waals surface area contributed by atoms with Crippen LogP contribution in [0.4, 0.5) is 11.4 Å². The second-order valence-electron chi connectivity index (χ2n) is 3.90. The minimum absolute atomic E-state index is 0.115. The van der Waals surface area contributed by atoms with Gasteiger partial charge in [-0.2, -0.15) is 0 Å². The molecule has 1 heterocycles. The van der Waals surface area contributed by atoms with Gasteiger partial charge in [-0.25, -0.2) is 4.98 Å². The van der Waals surface area contributed by atoms with Gasteiger partial charge < -0.3 is 15.6 Å². The van der Waals surface area contributed by atoms with E-state index in [1.54, 1.807) is 0 Å². The third-order valence-electron chi connectivity index (χ3n) is 2.67. The van der Waals surface area contributed by atoms with Crippen LogP contribution in [-0.4, -0.2) is 34.4 Å². The van der Waals surface area contributed by atoms with Crippen LogP contribution >= 0.6 is 0 Å². The summed E-state index contributed by atoms with van der Waals surface area (Å²) in [7, 11) is 1.46. The number of nitrogens with one attached hydrogen (secondary N) is 3. The van der Waals surface area contributed by atoms with Crippen molar-refractivity contribution in [2.75, 3.05) is 18.9 Å². The highest BCUT2D eigenvalue weighted by molar-refractivity contribution is 5.88. The molecule has 0 atom stereocenters. The van der Waals surface area contributed by atoms with Crippen molar-refractivity contribution in [3.8, 4) is 0 Å². The molecule has 0 aliphatic heterocycles. The Morgan fingerprint density at radius 1 is 1.50 bits per heavy atom. The molecule has 0 aliphatic carbocycles. The van der Waals surface area contributed by atoms with Crippen LogP contribution in [0.2, 0.25) is 0 Å². The van der Waals surface area contributed by atoms with Gasteiger partial charge in [0.25, 0.3) is 11.2 Å². The zero-order valence-corrected chi connectivity index (χ0v) is 10.5. The molecule has 0 fully saturated rings. The van der Waals surface area contributed by atoms with E-state index < -0.39 is 10.5 Å². The number of H-pyrrole nitrogens is 1. The van der Waals surface area contributed by atoms with Crippen molar-refractivity contribution in [2.24, 2.45) is 0 Å². The van der Waals surface area contributed by atoms with Gasteiger partial charge in [0, 0.05) is 13.1 Å². The van der Waals surface area contributed by atoms with Gasteiger partial charge in [-0.05, 0) is 6.07 Å². The molecular weight excluding hydrogens is 266 g/mol. The normalized spacial score (nSPS) is 10.2. The van der Waals surface area contributed by atoms with Crippen molar-refractivity contribution >= 4 is 28.2 Å². The lowest BCUT2D eigenvalue weighted by Crippen LogP contribution is -2.26. The predicted molar refractivity (Wildman–Crippen MR) is 71.6 cm³/mol. The Hall–Kier alpha value is -2.97. The predicted octanol–water partition coefficient (Wildman–Crippen LogP) is -0.0108. The first kappa shape index (κ1) is 13.5. The summed E-state index contributed by atoms with van der Waals surface area (Å²) in [4.78, 5) is 39.4. The fourth-order valence-electron chi connectivity index (χ4n) is 1.66. The van der Waals surface area contributed by atoms with Crippen LogP contribution in [0.15, 0.2) is 23.3 Å². The maximum Gasteiger partial charge on any atom is 0.293 e. The van der Waals surface area contributed by atoms with E-state index in [-0.39, 0.29) is 29.2 Å². The minimum Gasteiger partial charge on any atom is -0.370 e. The zero-order valence-electron chi connectivity index (χ0n) is 10.5. The number of rotatable bonds is 4. The van der Waals surface area contributed by atoms with Gasteiger partial charge in [-0.15, -0.1) is 0 Å². The van der Waals surface area contributed by atoms with Gasteiger partial charge in [-0.1, -0.05) is 0 Å². The number of carbonyl (C=O) groups excluding carboxylic acids is 1. The van der Waals surface area contributed by atoms with Gasteiger partial charge in [0.15, 0.2) is 0 Å². The number of carbonyl (C=O) groups is 1. The number of nitrogens with zero attached hydrogens (tertiary/aromatic N) is 2. The molecule has 9 nitrogen and oxygen atoms in total. The highest BCUT2D eigenvalue weighted by Crippen LogP contribution is 2.27. The first-order valence-corrected chi connectivity index (χ1v) is 5.63. The molecule has 0 spiro atoms. The van der Waals surface area contributed by atoms with Crippen LogP contribution in [0.3, 0.4) is 0 Å². The number of hydrogen-bond acceptors (Lipinski definition) is 6. The fraction of sp³-hybridized carbons (Fsp3) is 0.182. The molecule has 2 rings (SSSR count). The van der Waals surface area contributed by atoms with E-state index in [0.29, 0.717) is 5.52 Å². The van der Waals surface area contributed by atoms with Gasteiger partial charge in [0.05, 0.1) is 28.7 Å². The molecule has 0 saturated heterocycles. The van der Waals surface area contributed by atoms with Crippen LogP contribution in [-0.2, 0) is 4.79 Å². The Bertz CT molecular complexity index is 739. The van der Waals surface area contributed by atoms with Crippen molar-refractivity contribution in [1.29, 1.82) is 0 Å². The van der Waals surface area contributed by atoms with E-state index in [2.05, 4.69) is 20.6 Å². The molecule has 9 heteroatoms. The second kappa shape index (κ2) is 5.34. The van der Waals surface area contributed by atoms with E-state index in [9.17, 15) is 19.7 Å². The number of amides is 1. The average molecular weight is 277 g/mol. The van der Waals surface area contributed by atoms with Gasteiger partial charge in [-0.3, -0.25) is 19.7 Å². The highest BCUT2D eigenvalue weighted by atomic mass is 16.6. The fourth-order valence-corrected chi connectivity index (χ4v) is 1.66. The van der Waals surface area contributed by atoms with Crippen LogP contribution in [0.1, 0.15) is 0 Å². The molecule has 0 aliphatic rings. The molecule has 1 aromatic carbocycles. The van der Waals surface area contributed by atoms with E-state index in [0.717, 1.165) is 6.07 Å². The van der Waals surface area contributed by atoms with Gasteiger partial charge in [0.1, 0.15) is 5.69 Å². The molecular formula is C11H11N5O4. The summed E-state index contributed by atoms with van der Waals surface area (Å²) in [5, 5.41) is 16.2. The lowest BCUT2D eigenvalue weighted by molar-refractivity contribution is -0.383. The van der Waals surface area contributed by atoms with E-state index in [1.165, 1.54) is 19.4 Å². The summed E-state index contributed by atoms with van der Waals surface area (Å²) in [5.41, 5.74) is -0.321. The van der Waals surface area contributed by atoms with Crippen molar-refractivity contribution < 1.29 is 9.72 Å². The Balaban J connectivity index is 2.51. The smallest absolute Gasteiger partial charge is 0.293 e. The number of hydrogen-bond donors (Lipinski definition) is 3. The highest BCUT2D eigenvalue weighted by Gasteiger charge is 2.17. The van der Waals surface area contributed by atoms with Crippen LogP contribution in [0.25, 0.3) is 10.9 Å². The van der Waals surface area contributed by atoms with Gasteiger partial charge >= 0.3 is 0 Å². The van der Waals surface area contributed by atoms with E-state index in [4.69, 9.17) is 0 Å². The van der Waals surface area contributed by atoms with Crippen LogP contribution < -0.4 is 16.2 Å². The molecule has 0 saturated carbocycles. The number of aromatic amines is 1. The summed E-state index contributed by atoms with van der Waals surface area (Å²) in [6, 6.07) is 2.50. The number of likely N-dealkylation sites (N-methyl/N-ethyl adjacent to an activating group) is 1. The number of benzene rings is 1. The maximum atomic E-state index is 11.6. The monoisotopic (exact) mass is 277 g/mol. The first-order valence-electron chi connectivity index (χ1n) is 5.63. The number of fused-ring (bicyclic) bond motifs is 1. The minimum atomic E-state index is -0.627. The quantitative estimate of drug-likeness (QED) is 0.532. The number of anilines is 1. The van der Waals surface area contributed by atoms with Crippen LogP contribution in [0, 0.1) is 10.1 Å². The Morgan fingerprint density at radius 2 is 2.25 bits per heavy atom. The standard InChI is InChI=1S/C11H11N5O4/c1-12-10(17)4-13-8-3-7-6(2-9(8)16(19)20)11(18)15-5-14-7/h2-3,5,13H,4H2,1H3,(H,12,17)(H,14,15,18). The van der Waals surface area contributed by atoms with Crippen molar-refractivity contribution in [3.63, 3.8) is 0 Å². The molecule has 0 unspecified atom stereocenters. The van der Waals surface area contributed by atoms with Crippen molar-refractivity contribution in [2.45, 2.75) is 0 Å². The summed E-state index contributed by atoms with van der Waals surface area (Å²) < 4.78 is 0. The largest absolute Gasteiger partial charge is 0.370 e. The molecule has 1 amide bonds. The van der Waals surface area contributed by atoms with E-state index in [1.807, 2.05) is 0 Å². The Kier molecular flexibility index (Phi) is 3.60. The van der Waals surface area contributed by atoms with Crippen molar-refractivity contribution in [1.82, 2.24) is 15.3 Å². The topological polar surface area (TPSA) is 130 Å². The summed E-state index contributed by atoms with van der Waals surface area (Å²) in [5.74, 6) is -0.321. The van der Waals surface area contributed by atoms with E-state index >= 15 is 0 Å². The zero-order chi connectivity index (χ0) is 14.7. The van der Waals surface area contributed by atoms with Crippen molar-refractivity contribution in [3.05, 3.63) is 38.9 Å². The number of nitro benzene ring substituents is 1. The Morgan fingerprint density at radius 3 is 2.90 bits per heavy atom. The molecule has 1 aromatic heterocycles. The lowest BCUT2D eigenvalue weighted by Gasteiger charge is -2.07. The SMILES string of the molecule is CNC(=O)CNc1cc2nc[nH]c(=O)c2cc1[N+](=O)[O-]. The summed E-state index contributed by atoms with van der Waals surface area (Å²) >= 11 is 0. The molecule has 20 heavy (non-hydrogen) atoms. The number of nitro groups is 1. The second-order valence-corrected chi connectivity index (χ2v) is 3.90. The lowest BCUT2D eigenvalue weighted by atomic mass is 10.2. The maximum absolute atomic E-state index is 11.6. The van der Waals surface area contributed by atoms with Crippen LogP contribution in [0.5, 0.6) is 0 Å².